The van der Waals surface area contributed by atoms with Crippen LogP contribution in [0.25, 0.3) is 0 Å². The van der Waals surface area contributed by atoms with E-state index in [1.807, 2.05) is 0 Å². The third-order valence-electron chi connectivity index (χ3n) is 4.02. The largest absolute Gasteiger partial charge is 0.395 e. The maximum absolute atomic E-state index is 9.78. The highest BCUT2D eigenvalue weighted by molar-refractivity contribution is 5.35. The average Bonchev–Trinajstić information content (AvgIpc) is 2.52. The predicted molar refractivity (Wildman–Crippen MR) is 89.8 cm³/mol. The Morgan fingerprint density at radius 3 is 1.38 bits per heavy atom. The lowest BCUT2D eigenvalue weighted by Gasteiger charge is -2.16. The molecule has 0 saturated carbocycles. The third kappa shape index (κ3) is 4.18. The second kappa shape index (κ2) is 7.99. The van der Waals surface area contributed by atoms with Crippen molar-refractivity contribution in [2.45, 2.75) is 45.4 Å². The molecule has 0 saturated heterocycles. The lowest BCUT2D eigenvalue weighted by Crippen LogP contribution is -2.06. The molecule has 1 nitrogen and oxygen atoms in total. The first kappa shape index (κ1) is 15.8. The molecule has 0 aliphatic rings. The smallest absolute Gasteiger partial charge is 0.0540 e. The van der Waals surface area contributed by atoms with Crippen molar-refractivity contribution in [1.29, 1.82) is 0 Å². The SMILES string of the molecule is CCCc1ccc(C(CO)c2ccc(CCC)cc2)cc1. The van der Waals surface area contributed by atoms with Gasteiger partial charge in [-0.3, -0.25) is 0 Å². The first-order valence-electron chi connectivity index (χ1n) is 8.07. The summed E-state index contributed by atoms with van der Waals surface area (Å²) >= 11 is 0. The van der Waals surface area contributed by atoms with E-state index < -0.39 is 0 Å². The molecule has 0 aromatic heterocycles. The van der Waals surface area contributed by atoms with Crippen molar-refractivity contribution >= 4 is 0 Å². The van der Waals surface area contributed by atoms with Crippen LogP contribution >= 0.6 is 0 Å². The van der Waals surface area contributed by atoms with E-state index in [0.29, 0.717) is 0 Å². The van der Waals surface area contributed by atoms with Crippen LogP contribution in [-0.4, -0.2) is 11.7 Å². The third-order valence-corrected chi connectivity index (χ3v) is 4.02. The van der Waals surface area contributed by atoms with Gasteiger partial charge in [-0.2, -0.15) is 0 Å². The molecule has 0 heterocycles. The van der Waals surface area contributed by atoms with E-state index >= 15 is 0 Å². The zero-order valence-corrected chi connectivity index (χ0v) is 13.2. The fourth-order valence-corrected chi connectivity index (χ4v) is 2.81. The summed E-state index contributed by atoms with van der Waals surface area (Å²) in [6, 6.07) is 17.4. The Kier molecular flexibility index (Phi) is 6.01. The summed E-state index contributed by atoms with van der Waals surface area (Å²) < 4.78 is 0. The van der Waals surface area contributed by atoms with Crippen molar-refractivity contribution in [2.75, 3.05) is 6.61 Å². The van der Waals surface area contributed by atoms with Crippen LogP contribution in [0.2, 0.25) is 0 Å². The van der Waals surface area contributed by atoms with Crippen LogP contribution in [-0.2, 0) is 12.8 Å². The summed E-state index contributed by atoms with van der Waals surface area (Å²) in [5, 5.41) is 9.78. The van der Waals surface area contributed by atoms with Crippen LogP contribution in [0.4, 0.5) is 0 Å². The first-order valence-corrected chi connectivity index (χ1v) is 8.07. The summed E-state index contributed by atoms with van der Waals surface area (Å²) in [7, 11) is 0. The van der Waals surface area contributed by atoms with E-state index in [4.69, 9.17) is 0 Å². The lowest BCUT2D eigenvalue weighted by atomic mass is 9.90. The molecule has 0 unspecified atom stereocenters. The van der Waals surface area contributed by atoms with Crippen molar-refractivity contribution < 1.29 is 5.11 Å². The molecule has 2 rings (SSSR count). The Labute approximate surface area is 128 Å². The number of hydrogen-bond acceptors (Lipinski definition) is 1. The summed E-state index contributed by atoms with van der Waals surface area (Å²) in [6.07, 6.45) is 4.58. The Morgan fingerprint density at radius 2 is 1.10 bits per heavy atom. The standard InChI is InChI=1S/C20H26O/c1-3-5-16-7-11-18(12-8-16)20(15-21)19-13-9-17(6-4-2)10-14-19/h7-14,20-21H,3-6,15H2,1-2H3. The topological polar surface area (TPSA) is 20.2 Å². The molecule has 0 spiro atoms. The molecular weight excluding hydrogens is 256 g/mol. The Bertz CT molecular complexity index is 475. The van der Waals surface area contributed by atoms with Gasteiger partial charge < -0.3 is 5.11 Å². The zero-order chi connectivity index (χ0) is 15.1. The van der Waals surface area contributed by atoms with E-state index in [0.717, 1.165) is 12.8 Å². The fourth-order valence-electron chi connectivity index (χ4n) is 2.81. The molecule has 0 radical (unpaired) electrons. The normalized spacial score (nSPS) is 11.0. The van der Waals surface area contributed by atoms with Gasteiger partial charge in [0, 0.05) is 5.92 Å². The highest BCUT2D eigenvalue weighted by atomic mass is 16.3. The molecule has 112 valence electrons. The first-order chi connectivity index (χ1) is 10.3. The number of aliphatic hydroxyl groups excluding tert-OH is 1. The van der Waals surface area contributed by atoms with Crippen molar-refractivity contribution in [2.24, 2.45) is 0 Å². The van der Waals surface area contributed by atoms with Crippen molar-refractivity contribution in [3.63, 3.8) is 0 Å². The lowest BCUT2D eigenvalue weighted by molar-refractivity contribution is 0.280. The van der Waals surface area contributed by atoms with Crippen molar-refractivity contribution in [3.8, 4) is 0 Å². The van der Waals surface area contributed by atoms with Gasteiger partial charge in [-0.05, 0) is 35.1 Å². The number of aliphatic hydroxyl groups is 1. The highest BCUT2D eigenvalue weighted by Gasteiger charge is 2.13. The van der Waals surface area contributed by atoms with Crippen LogP contribution in [0.5, 0.6) is 0 Å². The van der Waals surface area contributed by atoms with Crippen LogP contribution < -0.4 is 0 Å². The van der Waals surface area contributed by atoms with Gasteiger partial charge in [0.15, 0.2) is 0 Å². The van der Waals surface area contributed by atoms with Gasteiger partial charge in [0.05, 0.1) is 6.61 Å². The van der Waals surface area contributed by atoms with E-state index in [9.17, 15) is 5.11 Å². The minimum atomic E-state index is 0.0800. The average molecular weight is 282 g/mol. The maximum Gasteiger partial charge on any atom is 0.0540 e. The molecule has 21 heavy (non-hydrogen) atoms. The van der Waals surface area contributed by atoms with Crippen LogP contribution in [0, 0.1) is 0 Å². The Morgan fingerprint density at radius 1 is 0.714 bits per heavy atom. The second-order valence-corrected chi connectivity index (χ2v) is 5.72. The van der Waals surface area contributed by atoms with E-state index in [1.54, 1.807) is 0 Å². The van der Waals surface area contributed by atoms with Gasteiger partial charge in [-0.15, -0.1) is 0 Å². The second-order valence-electron chi connectivity index (χ2n) is 5.72. The van der Waals surface area contributed by atoms with E-state index in [1.165, 1.54) is 35.1 Å². The monoisotopic (exact) mass is 282 g/mol. The van der Waals surface area contributed by atoms with Crippen LogP contribution in [0.3, 0.4) is 0 Å². The highest BCUT2D eigenvalue weighted by Crippen LogP contribution is 2.25. The molecule has 0 amide bonds. The van der Waals surface area contributed by atoms with Gasteiger partial charge in [0.2, 0.25) is 0 Å². The van der Waals surface area contributed by atoms with Crippen molar-refractivity contribution in [1.82, 2.24) is 0 Å². The van der Waals surface area contributed by atoms with E-state index in [-0.39, 0.29) is 12.5 Å². The summed E-state index contributed by atoms with van der Waals surface area (Å²) in [5.74, 6) is 0.0800. The quantitative estimate of drug-likeness (QED) is 0.779. The van der Waals surface area contributed by atoms with Gasteiger partial charge in [-0.1, -0.05) is 75.2 Å². The zero-order valence-electron chi connectivity index (χ0n) is 13.2. The van der Waals surface area contributed by atoms with Gasteiger partial charge in [0.1, 0.15) is 0 Å². The van der Waals surface area contributed by atoms with Gasteiger partial charge >= 0.3 is 0 Å². The fraction of sp³-hybridized carbons (Fsp3) is 0.400. The molecule has 1 N–H and O–H groups in total. The molecule has 0 aliphatic heterocycles. The number of hydrogen-bond donors (Lipinski definition) is 1. The number of rotatable bonds is 7. The Balaban J connectivity index is 2.18. The molecular formula is C20H26O. The summed E-state index contributed by atoms with van der Waals surface area (Å²) in [5.41, 5.74) is 5.13. The molecule has 0 bridgehead atoms. The van der Waals surface area contributed by atoms with Crippen LogP contribution in [0.1, 0.15) is 54.9 Å². The van der Waals surface area contributed by atoms with Crippen molar-refractivity contribution in [3.05, 3.63) is 70.8 Å². The predicted octanol–water partition coefficient (Wildman–Crippen LogP) is 4.72. The molecule has 2 aromatic rings. The van der Waals surface area contributed by atoms with Crippen LogP contribution in [0.15, 0.2) is 48.5 Å². The Hall–Kier alpha value is -1.60. The molecule has 0 aliphatic carbocycles. The molecule has 2 aromatic carbocycles. The maximum atomic E-state index is 9.78. The molecule has 0 atom stereocenters. The number of aryl methyl sites for hydroxylation is 2. The van der Waals surface area contributed by atoms with E-state index in [2.05, 4.69) is 62.4 Å². The summed E-state index contributed by atoms with van der Waals surface area (Å²) in [6.45, 7) is 4.55. The minimum Gasteiger partial charge on any atom is -0.395 e. The summed E-state index contributed by atoms with van der Waals surface area (Å²) in [4.78, 5) is 0. The number of benzene rings is 2. The molecule has 0 fully saturated rings. The van der Waals surface area contributed by atoms with Gasteiger partial charge in [0.25, 0.3) is 0 Å². The van der Waals surface area contributed by atoms with Gasteiger partial charge in [-0.25, -0.2) is 0 Å². The minimum absolute atomic E-state index is 0.0800. The molecule has 1 heteroatoms.